The molecule has 2 aliphatic rings. The monoisotopic (exact) mass is 450 g/mol. The van der Waals surface area contributed by atoms with Crippen LogP contribution in [0.1, 0.15) is 42.2 Å². The average Bonchev–Trinajstić information content (AvgIpc) is 3.34. The fourth-order valence-corrected chi connectivity index (χ4v) is 4.74. The van der Waals surface area contributed by atoms with Crippen molar-refractivity contribution in [2.75, 3.05) is 26.8 Å². The highest BCUT2D eigenvalue weighted by Crippen LogP contribution is 2.45. The van der Waals surface area contributed by atoms with Gasteiger partial charge in [0.1, 0.15) is 11.6 Å². The lowest BCUT2D eigenvalue weighted by Gasteiger charge is -2.45. The molecular weight excluding hydrogens is 423 g/mol. The fraction of sp³-hybridized carbons (Fsp3) is 0.346. The van der Waals surface area contributed by atoms with Crippen molar-refractivity contribution in [2.24, 2.45) is 0 Å². The molecule has 1 saturated heterocycles. The molecule has 0 unspecified atom stereocenters. The average molecular weight is 451 g/mol. The Morgan fingerprint density at radius 3 is 2.70 bits per heavy atom. The number of rotatable bonds is 5. The van der Waals surface area contributed by atoms with Gasteiger partial charge in [-0.1, -0.05) is 6.92 Å². The van der Waals surface area contributed by atoms with E-state index in [-0.39, 0.29) is 11.7 Å². The zero-order valence-electron chi connectivity index (χ0n) is 18.8. The fourth-order valence-electron chi connectivity index (χ4n) is 4.74. The lowest BCUT2D eigenvalue weighted by molar-refractivity contribution is -0.00951. The molecule has 1 fully saturated rings. The third kappa shape index (κ3) is 3.71. The molecule has 0 bridgehead atoms. The second kappa shape index (κ2) is 8.46. The zero-order chi connectivity index (χ0) is 23.0. The molecule has 3 aromatic rings. The van der Waals surface area contributed by atoms with Gasteiger partial charge in [-0.25, -0.2) is 4.39 Å². The van der Waals surface area contributed by atoms with E-state index >= 15 is 0 Å². The lowest BCUT2D eigenvalue weighted by atomic mass is 9.86. The summed E-state index contributed by atoms with van der Waals surface area (Å²) in [4.78, 5) is 15.1. The predicted octanol–water partition coefficient (Wildman–Crippen LogP) is 4.94. The Kier molecular flexibility index (Phi) is 5.48. The van der Waals surface area contributed by atoms with E-state index in [0.29, 0.717) is 55.4 Å². The third-order valence-electron chi connectivity index (χ3n) is 6.43. The van der Waals surface area contributed by atoms with E-state index in [4.69, 9.17) is 14.2 Å². The van der Waals surface area contributed by atoms with Crippen molar-refractivity contribution in [3.05, 3.63) is 71.8 Å². The Bertz CT molecular complexity index is 1180. The molecule has 1 aromatic heterocycles. The van der Waals surface area contributed by atoms with Gasteiger partial charge in [0, 0.05) is 43.8 Å². The molecular formula is C26H27FN2O4. The van der Waals surface area contributed by atoms with E-state index in [1.807, 2.05) is 30.2 Å². The highest BCUT2D eigenvalue weighted by molar-refractivity contribution is 5.95. The first kappa shape index (κ1) is 21.4. The standard InChI is InChI=1S/C26H27FN2O4/c1-3-15-32-21-9-6-18(16-23(21)31-2)25(30)28-13-10-26(11-14-28)24-5-4-12-29(24)20-8-7-19(27)17-22(20)33-26/h4-9,12,16-17H,3,10-11,13-15H2,1-2H3. The number of carbonyl (C=O) groups is 1. The molecule has 0 saturated carbocycles. The van der Waals surface area contributed by atoms with Gasteiger partial charge in [0.15, 0.2) is 17.1 Å². The molecule has 3 heterocycles. The Labute approximate surface area is 192 Å². The topological polar surface area (TPSA) is 52.9 Å². The highest BCUT2D eigenvalue weighted by atomic mass is 19.1. The summed E-state index contributed by atoms with van der Waals surface area (Å²) in [5, 5.41) is 0. The number of hydrogen-bond donors (Lipinski definition) is 0. The van der Waals surface area contributed by atoms with Crippen LogP contribution in [0.2, 0.25) is 0 Å². The normalized spacial score (nSPS) is 16.0. The van der Waals surface area contributed by atoms with Gasteiger partial charge in [0.25, 0.3) is 5.91 Å². The van der Waals surface area contributed by atoms with Crippen LogP contribution in [0, 0.1) is 5.82 Å². The molecule has 0 aliphatic carbocycles. The van der Waals surface area contributed by atoms with Gasteiger partial charge in [-0.05, 0) is 48.9 Å². The number of nitrogens with zero attached hydrogens (tertiary/aromatic N) is 2. The van der Waals surface area contributed by atoms with Gasteiger partial charge in [0.05, 0.1) is 25.1 Å². The number of piperidine rings is 1. The number of amides is 1. The molecule has 7 heteroatoms. The summed E-state index contributed by atoms with van der Waals surface area (Å²) in [5.74, 6) is 1.34. The van der Waals surface area contributed by atoms with Crippen molar-refractivity contribution in [3.8, 4) is 22.9 Å². The van der Waals surface area contributed by atoms with Gasteiger partial charge in [-0.2, -0.15) is 0 Å². The number of hydrogen-bond acceptors (Lipinski definition) is 4. The van der Waals surface area contributed by atoms with Crippen molar-refractivity contribution in [2.45, 2.75) is 31.8 Å². The minimum atomic E-state index is -0.587. The Hall–Kier alpha value is -3.48. The second-order valence-electron chi connectivity index (χ2n) is 8.48. The van der Waals surface area contributed by atoms with Crippen LogP contribution in [-0.2, 0) is 5.60 Å². The summed E-state index contributed by atoms with van der Waals surface area (Å²) in [6.45, 7) is 3.69. The summed E-state index contributed by atoms with van der Waals surface area (Å²) in [6, 6.07) is 13.9. The van der Waals surface area contributed by atoms with E-state index in [2.05, 4.69) is 4.57 Å². The molecule has 2 aliphatic heterocycles. The third-order valence-corrected chi connectivity index (χ3v) is 6.43. The summed E-state index contributed by atoms with van der Waals surface area (Å²) >= 11 is 0. The van der Waals surface area contributed by atoms with Gasteiger partial charge in [0.2, 0.25) is 0 Å². The molecule has 0 radical (unpaired) electrons. The molecule has 6 nitrogen and oxygen atoms in total. The summed E-state index contributed by atoms with van der Waals surface area (Å²) in [6.07, 6.45) is 4.10. The smallest absolute Gasteiger partial charge is 0.253 e. The van der Waals surface area contributed by atoms with E-state index in [1.54, 1.807) is 31.4 Å². The Morgan fingerprint density at radius 1 is 1.12 bits per heavy atom. The molecule has 0 N–H and O–H groups in total. The molecule has 1 amide bonds. The Morgan fingerprint density at radius 2 is 1.94 bits per heavy atom. The number of aromatic nitrogens is 1. The van der Waals surface area contributed by atoms with Gasteiger partial charge >= 0.3 is 0 Å². The largest absolute Gasteiger partial charge is 0.493 e. The first-order chi connectivity index (χ1) is 16.0. The number of fused-ring (bicyclic) bond motifs is 4. The van der Waals surface area contributed by atoms with Crippen LogP contribution in [0.4, 0.5) is 4.39 Å². The first-order valence-electron chi connectivity index (χ1n) is 11.3. The quantitative estimate of drug-likeness (QED) is 0.553. The first-order valence-corrected chi connectivity index (χ1v) is 11.3. The maximum atomic E-state index is 13.9. The Balaban J connectivity index is 1.35. The van der Waals surface area contributed by atoms with E-state index in [9.17, 15) is 9.18 Å². The van der Waals surface area contributed by atoms with Gasteiger partial charge in [-0.3, -0.25) is 4.79 Å². The minimum Gasteiger partial charge on any atom is -0.493 e. The SMILES string of the molecule is CCCOc1ccc(C(=O)N2CCC3(CC2)Oc2cc(F)ccc2-n2cccc23)cc1OC. The zero-order valence-corrected chi connectivity index (χ0v) is 18.8. The summed E-state index contributed by atoms with van der Waals surface area (Å²) < 4.78 is 33.5. The van der Waals surface area contributed by atoms with Crippen molar-refractivity contribution in [1.82, 2.24) is 9.47 Å². The van der Waals surface area contributed by atoms with Crippen LogP contribution in [0.3, 0.4) is 0 Å². The van der Waals surface area contributed by atoms with Gasteiger partial charge < -0.3 is 23.7 Å². The number of halogens is 1. The lowest BCUT2D eigenvalue weighted by Crippen LogP contribution is -2.50. The van der Waals surface area contributed by atoms with Crippen molar-refractivity contribution < 1.29 is 23.4 Å². The maximum Gasteiger partial charge on any atom is 0.253 e. The van der Waals surface area contributed by atoms with Crippen LogP contribution in [-0.4, -0.2) is 42.2 Å². The van der Waals surface area contributed by atoms with Crippen LogP contribution in [0.15, 0.2) is 54.7 Å². The maximum absolute atomic E-state index is 13.9. The number of ether oxygens (including phenoxy) is 3. The summed E-state index contributed by atoms with van der Waals surface area (Å²) in [5.41, 5.74) is 1.84. The van der Waals surface area contributed by atoms with Crippen molar-refractivity contribution in [1.29, 1.82) is 0 Å². The van der Waals surface area contributed by atoms with Crippen molar-refractivity contribution >= 4 is 5.91 Å². The van der Waals surface area contributed by atoms with Crippen LogP contribution < -0.4 is 14.2 Å². The molecule has 2 aromatic carbocycles. The van der Waals surface area contributed by atoms with E-state index < -0.39 is 5.60 Å². The summed E-state index contributed by atoms with van der Waals surface area (Å²) in [7, 11) is 1.57. The van der Waals surface area contributed by atoms with Crippen LogP contribution in [0.25, 0.3) is 5.69 Å². The number of benzene rings is 2. The number of likely N-dealkylation sites (tertiary alicyclic amines) is 1. The molecule has 33 heavy (non-hydrogen) atoms. The highest BCUT2D eigenvalue weighted by Gasteiger charge is 2.44. The minimum absolute atomic E-state index is 0.0529. The second-order valence-corrected chi connectivity index (χ2v) is 8.48. The van der Waals surface area contributed by atoms with Crippen molar-refractivity contribution in [3.63, 3.8) is 0 Å². The molecule has 5 rings (SSSR count). The molecule has 172 valence electrons. The van der Waals surface area contributed by atoms with E-state index in [0.717, 1.165) is 17.8 Å². The number of carbonyl (C=O) groups excluding carboxylic acids is 1. The van der Waals surface area contributed by atoms with Gasteiger partial charge in [-0.15, -0.1) is 0 Å². The van der Waals surface area contributed by atoms with Crippen LogP contribution in [0.5, 0.6) is 17.2 Å². The molecule has 1 spiro atoms. The van der Waals surface area contributed by atoms with E-state index in [1.165, 1.54) is 12.1 Å². The molecule has 0 atom stereocenters. The number of methoxy groups -OCH3 is 1. The predicted molar refractivity (Wildman–Crippen MR) is 122 cm³/mol. The van der Waals surface area contributed by atoms with Crippen LogP contribution >= 0.6 is 0 Å².